The first-order chi connectivity index (χ1) is 15.4. The van der Waals surface area contributed by atoms with Gasteiger partial charge >= 0.3 is 5.97 Å². The molecule has 0 spiro atoms. The SMILES string of the molecule is COC(=O)C1=C(C)N=c2s/c(=C/c3ccc(Cl)cc3Cl)c(=O)n2[C@@H]1/C=C\c1ccccc1. The standard InChI is InChI=1S/C24H18Cl2N2O3S/c1-14-21(23(30)31-2)19(11-8-15-6-4-3-5-7-15)28-22(29)20(32-24(28)27-14)12-16-9-10-17(25)13-18(16)26/h3-13,19H,1-2H3/b11-8-,20-12+/t19-/m1/s1. The quantitative estimate of drug-likeness (QED) is 0.516. The van der Waals surface area contributed by atoms with Gasteiger partial charge in [-0.15, -0.1) is 0 Å². The summed E-state index contributed by atoms with van der Waals surface area (Å²) in [5.41, 5.74) is 2.18. The van der Waals surface area contributed by atoms with Crippen molar-refractivity contribution in [2.24, 2.45) is 4.99 Å². The van der Waals surface area contributed by atoms with E-state index in [4.69, 9.17) is 27.9 Å². The Bertz CT molecular complexity index is 1440. The van der Waals surface area contributed by atoms with Gasteiger partial charge in [0.05, 0.1) is 29.0 Å². The van der Waals surface area contributed by atoms with Gasteiger partial charge in [-0.1, -0.05) is 83.1 Å². The molecule has 0 amide bonds. The molecule has 32 heavy (non-hydrogen) atoms. The molecule has 3 aromatic rings. The molecule has 162 valence electrons. The smallest absolute Gasteiger partial charge is 0.338 e. The third kappa shape index (κ3) is 4.35. The predicted molar refractivity (Wildman–Crippen MR) is 129 cm³/mol. The van der Waals surface area contributed by atoms with Crippen LogP contribution in [0.15, 0.2) is 75.7 Å². The van der Waals surface area contributed by atoms with Crippen molar-refractivity contribution in [1.82, 2.24) is 4.57 Å². The van der Waals surface area contributed by atoms with Crippen LogP contribution in [0.5, 0.6) is 0 Å². The Hall–Kier alpha value is -2.93. The number of methoxy groups -OCH3 is 1. The lowest BCUT2D eigenvalue weighted by Gasteiger charge is -2.21. The number of fused-ring (bicyclic) bond motifs is 1. The van der Waals surface area contributed by atoms with Gasteiger partial charge in [-0.3, -0.25) is 9.36 Å². The number of aromatic nitrogens is 1. The van der Waals surface area contributed by atoms with Crippen molar-refractivity contribution in [2.75, 3.05) is 7.11 Å². The zero-order valence-corrected chi connectivity index (χ0v) is 19.5. The summed E-state index contributed by atoms with van der Waals surface area (Å²) in [5, 5.41) is 0.952. The van der Waals surface area contributed by atoms with Crippen LogP contribution in [0, 0.1) is 0 Å². The van der Waals surface area contributed by atoms with Crippen molar-refractivity contribution < 1.29 is 9.53 Å². The average molecular weight is 485 g/mol. The average Bonchev–Trinajstić information content (AvgIpc) is 3.08. The van der Waals surface area contributed by atoms with Gasteiger partial charge in [0.25, 0.3) is 5.56 Å². The Morgan fingerprint density at radius 1 is 1.19 bits per heavy atom. The Morgan fingerprint density at radius 3 is 2.62 bits per heavy atom. The van der Waals surface area contributed by atoms with E-state index in [2.05, 4.69) is 4.99 Å². The van der Waals surface area contributed by atoms with E-state index in [1.54, 1.807) is 31.2 Å². The van der Waals surface area contributed by atoms with Crippen LogP contribution in [0.1, 0.15) is 24.1 Å². The van der Waals surface area contributed by atoms with Crippen LogP contribution in [-0.2, 0) is 9.53 Å². The number of carbonyl (C=O) groups is 1. The van der Waals surface area contributed by atoms with Gasteiger partial charge < -0.3 is 4.74 Å². The lowest BCUT2D eigenvalue weighted by molar-refractivity contribution is -0.136. The first-order valence-electron chi connectivity index (χ1n) is 9.68. The monoisotopic (exact) mass is 484 g/mol. The number of nitrogens with zero attached hydrogens (tertiary/aromatic N) is 2. The minimum Gasteiger partial charge on any atom is -0.466 e. The highest BCUT2D eigenvalue weighted by Crippen LogP contribution is 2.26. The third-order valence-corrected chi connectivity index (χ3v) is 6.53. The molecule has 0 unspecified atom stereocenters. The van der Waals surface area contributed by atoms with Gasteiger partial charge in [0.2, 0.25) is 0 Å². The molecule has 8 heteroatoms. The van der Waals surface area contributed by atoms with Crippen LogP contribution in [0.2, 0.25) is 10.0 Å². The topological polar surface area (TPSA) is 60.7 Å². The van der Waals surface area contributed by atoms with Gasteiger partial charge in [0.15, 0.2) is 4.80 Å². The Kier molecular flexibility index (Phi) is 6.46. The fraction of sp³-hybridized carbons (Fsp3) is 0.125. The summed E-state index contributed by atoms with van der Waals surface area (Å²) in [6.45, 7) is 1.74. The van der Waals surface area contributed by atoms with Crippen LogP contribution in [-0.4, -0.2) is 17.6 Å². The highest BCUT2D eigenvalue weighted by atomic mass is 35.5. The number of halogens is 2. The Morgan fingerprint density at radius 2 is 1.94 bits per heavy atom. The maximum Gasteiger partial charge on any atom is 0.338 e. The number of carbonyl (C=O) groups excluding carboxylic acids is 1. The summed E-state index contributed by atoms with van der Waals surface area (Å²) >= 11 is 13.5. The van der Waals surface area contributed by atoms with Gasteiger partial charge in [-0.25, -0.2) is 9.79 Å². The van der Waals surface area contributed by atoms with E-state index in [0.29, 0.717) is 36.2 Å². The first-order valence-corrected chi connectivity index (χ1v) is 11.3. The number of allylic oxidation sites excluding steroid dienone is 2. The summed E-state index contributed by atoms with van der Waals surface area (Å²) in [4.78, 5) is 31.0. The van der Waals surface area contributed by atoms with E-state index in [-0.39, 0.29) is 5.56 Å². The van der Waals surface area contributed by atoms with Gasteiger partial charge in [-0.05, 0) is 36.3 Å². The second-order valence-corrected chi connectivity index (χ2v) is 8.90. The van der Waals surface area contributed by atoms with Gasteiger partial charge in [0, 0.05) is 10.0 Å². The molecule has 2 heterocycles. The van der Waals surface area contributed by atoms with Crippen molar-refractivity contribution in [3.8, 4) is 0 Å². The molecular formula is C24H18Cl2N2O3S. The fourth-order valence-corrected chi connectivity index (χ4v) is 4.95. The summed E-state index contributed by atoms with van der Waals surface area (Å²) in [5.74, 6) is -0.524. The van der Waals surface area contributed by atoms with Crippen LogP contribution < -0.4 is 14.9 Å². The normalized spacial score (nSPS) is 16.2. The molecule has 0 radical (unpaired) electrons. The zero-order chi connectivity index (χ0) is 22.8. The summed E-state index contributed by atoms with van der Waals surface area (Å²) in [6, 6.07) is 14.1. The second-order valence-electron chi connectivity index (χ2n) is 7.05. The third-order valence-electron chi connectivity index (χ3n) is 4.99. The van der Waals surface area contributed by atoms with Crippen molar-refractivity contribution in [3.63, 3.8) is 0 Å². The molecule has 0 N–H and O–H groups in total. The van der Waals surface area contributed by atoms with Crippen molar-refractivity contribution in [2.45, 2.75) is 13.0 Å². The molecule has 1 aliphatic rings. The number of thiazole rings is 1. The fourth-order valence-electron chi connectivity index (χ4n) is 3.44. The van der Waals surface area contributed by atoms with Crippen molar-refractivity contribution in [3.05, 3.63) is 107 Å². The molecule has 5 nitrogen and oxygen atoms in total. The largest absolute Gasteiger partial charge is 0.466 e. The van der Waals surface area contributed by atoms with Crippen molar-refractivity contribution >= 4 is 52.7 Å². The lowest BCUT2D eigenvalue weighted by Crippen LogP contribution is -2.38. The molecule has 0 saturated heterocycles. The minimum atomic E-state index is -0.651. The zero-order valence-electron chi connectivity index (χ0n) is 17.2. The molecule has 2 aromatic carbocycles. The molecular weight excluding hydrogens is 467 g/mol. The number of esters is 1. The summed E-state index contributed by atoms with van der Waals surface area (Å²) < 4.78 is 6.95. The lowest BCUT2D eigenvalue weighted by atomic mass is 10.0. The molecule has 0 bridgehead atoms. The second kappa shape index (κ2) is 9.28. The van der Waals surface area contributed by atoms with Gasteiger partial charge in [0.1, 0.15) is 0 Å². The van der Waals surface area contributed by atoms with E-state index in [1.807, 2.05) is 42.5 Å². The van der Waals surface area contributed by atoms with Crippen LogP contribution >= 0.6 is 34.5 Å². The van der Waals surface area contributed by atoms with E-state index < -0.39 is 12.0 Å². The summed E-state index contributed by atoms with van der Waals surface area (Å²) in [7, 11) is 1.31. The summed E-state index contributed by atoms with van der Waals surface area (Å²) in [6.07, 6.45) is 5.40. The molecule has 1 atom stereocenters. The Labute approximate surface area is 198 Å². The molecule has 0 fully saturated rings. The molecule has 4 rings (SSSR count). The maximum absolute atomic E-state index is 13.4. The first kappa shape index (κ1) is 22.3. The molecule has 0 aliphatic carbocycles. The highest BCUT2D eigenvalue weighted by molar-refractivity contribution is 7.07. The van der Waals surface area contributed by atoms with Crippen LogP contribution in [0.3, 0.4) is 0 Å². The molecule has 0 saturated carbocycles. The van der Waals surface area contributed by atoms with Crippen LogP contribution in [0.4, 0.5) is 0 Å². The van der Waals surface area contributed by atoms with Crippen molar-refractivity contribution in [1.29, 1.82) is 0 Å². The van der Waals surface area contributed by atoms with E-state index in [9.17, 15) is 9.59 Å². The number of benzene rings is 2. The number of rotatable bonds is 4. The molecule has 1 aromatic heterocycles. The maximum atomic E-state index is 13.4. The van der Waals surface area contributed by atoms with E-state index in [0.717, 1.165) is 5.56 Å². The number of hydrogen-bond donors (Lipinski definition) is 0. The Balaban J connectivity index is 1.90. The molecule has 1 aliphatic heterocycles. The number of ether oxygens (including phenoxy) is 1. The minimum absolute atomic E-state index is 0.267. The van der Waals surface area contributed by atoms with E-state index in [1.165, 1.54) is 23.0 Å². The van der Waals surface area contributed by atoms with Gasteiger partial charge in [-0.2, -0.15) is 0 Å². The predicted octanol–water partition coefficient (Wildman–Crippen LogP) is 4.38. The van der Waals surface area contributed by atoms with E-state index >= 15 is 0 Å². The van der Waals surface area contributed by atoms with Crippen LogP contribution in [0.25, 0.3) is 12.2 Å². The number of hydrogen-bond acceptors (Lipinski definition) is 5. The highest BCUT2D eigenvalue weighted by Gasteiger charge is 2.30.